The lowest BCUT2D eigenvalue weighted by Gasteiger charge is -2.39. The first-order valence-corrected chi connectivity index (χ1v) is 16.7. The Morgan fingerprint density at radius 1 is 0.787 bits per heavy atom. The molecule has 0 aliphatic carbocycles. The first kappa shape index (κ1) is 34.7. The smallest absolute Gasteiger partial charge is 0.243 e. The monoisotopic (exact) mass is 645 g/mol. The number of nitrogens with zero attached hydrogens (tertiary/aromatic N) is 1. The lowest BCUT2D eigenvalue weighted by atomic mass is 9.98. The van der Waals surface area contributed by atoms with Gasteiger partial charge in [-0.05, 0) is 52.8 Å². The molecule has 0 bridgehead atoms. The Balaban J connectivity index is 1.21. The number of nitrogens with one attached hydrogen (secondary N) is 2. The summed E-state index contributed by atoms with van der Waals surface area (Å²) in [6.45, 7) is 4.51. The molecule has 0 aromatic heterocycles. The predicted molar refractivity (Wildman–Crippen MR) is 177 cm³/mol. The fourth-order valence-electron chi connectivity index (χ4n) is 6.10. The molecule has 3 aromatic rings. The van der Waals surface area contributed by atoms with Crippen LogP contribution in [0.25, 0.3) is 11.1 Å². The van der Waals surface area contributed by atoms with Crippen LogP contribution in [0.5, 0.6) is 0 Å². The number of ether oxygens (including phenoxy) is 3. The Morgan fingerprint density at radius 2 is 1.49 bits per heavy atom. The van der Waals surface area contributed by atoms with Crippen LogP contribution in [-0.2, 0) is 37.0 Å². The Bertz CT molecular complexity index is 1430. The largest absolute Gasteiger partial charge is 0.392 e. The van der Waals surface area contributed by atoms with E-state index in [2.05, 4.69) is 34.5 Å². The number of unbranched alkanes of at least 4 members (excludes halogenated alkanes) is 3. The number of aliphatic hydroxyl groups is 1. The van der Waals surface area contributed by atoms with Gasteiger partial charge < -0.3 is 24.6 Å². The molecule has 10 nitrogen and oxygen atoms in total. The van der Waals surface area contributed by atoms with Gasteiger partial charge in [-0.3, -0.25) is 19.7 Å². The van der Waals surface area contributed by atoms with E-state index in [-0.39, 0.29) is 30.6 Å². The van der Waals surface area contributed by atoms with Crippen molar-refractivity contribution in [1.82, 2.24) is 15.7 Å². The molecule has 0 saturated carbocycles. The van der Waals surface area contributed by atoms with Crippen molar-refractivity contribution in [2.45, 2.75) is 76.6 Å². The van der Waals surface area contributed by atoms with Crippen molar-refractivity contribution in [2.75, 3.05) is 32.8 Å². The second-order valence-electron chi connectivity index (χ2n) is 12.3. The normalized spacial score (nSPS) is 20.1. The van der Waals surface area contributed by atoms with Gasteiger partial charge in [0.15, 0.2) is 6.29 Å². The van der Waals surface area contributed by atoms with Crippen LogP contribution >= 0.6 is 0 Å². The van der Waals surface area contributed by atoms with Crippen molar-refractivity contribution in [2.24, 2.45) is 0 Å². The van der Waals surface area contributed by atoms with E-state index in [1.54, 1.807) is 5.48 Å². The number of aliphatic hydroxyl groups excluding tert-OH is 1. The van der Waals surface area contributed by atoms with Crippen LogP contribution in [0.4, 0.5) is 0 Å². The molecule has 2 amide bonds. The zero-order chi connectivity index (χ0) is 32.8. The zero-order valence-electron chi connectivity index (χ0n) is 26.9. The van der Waals surface area contributed by atoms with Gasteiger partial charge in [-0.15, -0.1) is 0 Å². The summed E-state index contributed by atoms with van der Waals surface area (Å²) in [7, 11) is 0. The molecule has 0 spiro atoms. The maximum absolute atomic E-state index is 12.4. The van der Waals surface area contributed by atoms with Crippen LogP contribution in [0.2, 0.25) is 0 Å². The highest BCUT2D eigenvalue weighted by atomic mass is 16.7. The number of benzene rings is 3. The molecule has 3 unspecified atom stereocenters. The van der Waals surface area contributed by atoms with Crippen molar-refractivity contribution >= 4 is 11.8 Å². The van der Waals surface area contributed by atoms with Crippen LogP contribution in [0.15, 0.2) is 72.8 Å². The van der Waals surface area contributed by atoms with Crippen molar-refractivity contribution in [1.29, 1.82) is 0 Å². The number of amides is 2. The van der Waals surface area contributed by atoms with E-state index in [4.69, 9.17) is 19.4 Å². The highest BCUT2D eigenvalue weighted by Gasteiger charge is 2.33. The number of hydrogen-bond acceptors (Lipinski definition) is 8. The van der Waals surface area contributed by atoms with Crippen molar-refractivity contribution in [3.63, 3.8) is 0 Å². The number of morpholine rings is 1. The summed E-state index contributed by atoms with van der Waals surface area (Å²) >= 11 is 0. The maximum atomic E-state index is 12.4. The second-order valence-corrected chi connectivity index (χ2v) is 12.3. The third kappa shape index (κ3) is 10.7. The van der Waals surface area contributed by atoms with E-state index in [9.17, 15) is 14.7 Å². The van der Waals surface area contributed by atoms with Crippen molar-refractivity contribution in [3.05, 3.63) is 95.1 Å². The number of rotatable bonds is 15. The van der Waals surface area contributed by atoms with E-state index < -0.39 is 6.29 Å². The van der Waals surface area contributed by atoms with Crippen LogP contribution in [-0.4, -0.2) is 66.0 Å². The fraction of sp³-hybridized carbons (Fsp3) is 0.459. The van der Waals surface area contributed by atoms with Gasteiger partial charge in [0.05, 0.1) is 32.0 Å². The zero-order valence-corrected chi connectivity index (χ0v) is 26.9. The van der Waals surface area contributed by atoms with E-state index in [0.29, 0.717) is 25.8 Å². The number of carbonyl (C=O) groups excluding carboxylic acids is 2. The van der Waals surface area contributed by atoms with Gasteiger partial charge in [0.1, 0.15) is 0 Å². The maximum Gasteiger partial charge on any atom is 0.243 e. The van der Waals surface area contributed by atoms with E-state index in [1.807, 2.05) is 48.5 Å². The average Bonchev–Trinajstić information content (AvgIpc) is 3.12. The van der Waals surface area contributed by atoms with Gasteiger partial charge in [-0.25, -0.2) is 5.48 Å². The van der Waals surface area contributed by atoms with Gasteiger partial charge in [-0.1, -0.05) is 73.5 Å². The van der Waals surface area contributed by atoms with Gasteiger partial charge >= 0.3 is 0 Å². The summed E-state index contributed by atoms with van der Waals surface area (Å²) in [4.78, 5) is 25.9. The molecule has 3 atom stereocenters. The minimum Gasteiger partial charge on any atom is -0.392 e. The topological polar surface area (TPSA) is 130 Å². The van der Waals surface area contributed by atoms with E-state index in [0.717, 1.165) is 91.9 Å². The molecule has 3 aromatic carbocycles. The summed E-state index contributed by atoms with van der Waals surface area (Å²) in [6, 6.07) is 24.4. The molecular weight excluding hydrogens is 598 g/mol. The standard InChI is InChI=1S/C37H47N3O7/c41-26-27-13-15-29(16-14-27)34-23-33(25-40-17-19-45-20-18-40)46-37(47-34)32-10-6-9-31(22-32)30-8-5-7-28(21-30)24-38-35(42)11-3-1-2-4-12-36(43)39-44/h5-10,13-16,21-22,33-34,37,41,44H,1-4,11-12,17-20,23-26H2,(H,38,42)(H,39,43). The molecule has 2 fully saturated rings. The fourth-order valence-corrected chi connectivity index (χ4v) is 6.10. The molecule has 10 heteroatoms. The van der Waals surface area contributed by atoms with Gasteiger partial charge in [0.2, 0.25) is 11.8 Å². The quantitative estimate of drug-likeness (QED) is 0.101. The van der Waals surface area contributed by atoms with Crippen LogP contribution < -0.4 is 10.8 Å². The Kier molecular flexibility index (Phi) is 13.3. The lowest BCUT2D eigenvalue weighted by molar-refractivity contribution is -0.253. The van der Waals surface area contributed by atoms with Gasteiger partial charge in [-0.2, -0.15) is 0 Å². The average molecular weight is 646 g/mol. The predicted octanol–water partition coefficient (Wildman–Crippen LogP) is 5.19. The molecule has 4 N–H and O–H groups in total. The highest BCUT2D eigenvalue weighted by molar-refractivity contribution is 5.76. The highest BCUT2D eigenvalue weighted by Crippen LogP contribution is 2.39. The Labute approximate surface area is 277 Å². The number of hydrogen-bond donors (Lipinski definition) is 4. The summed E-state index contributed by atoms with van der Waals surface area (Å²) in [5, 5.41) is 21.1. The minimum absolute atomic E-state index is 0.00397. The second kappa shape index (κ2) is 18.1. The third-order valence-corrected chi connectivity index (χ3v) is 8.77. The first-order chi connectivity index (χ1) is 23.0. The molecule has 47 heavy (non-hydrogen) atoms. The molecule has 2 saturated heterocycles. The van der Waals surface area contributed by atoms with Crippen LogP contribution in [0, 0.1) is 0 Å². The van der Waals surface area contributed by atoms with Crippen molar-refractivity contribution in [3.8, 4) is 11.1 Å². The summed E-state index contributed by atoms with van der Waals surface area (Å²) in [6.07, 6.45) is 3.92. The Morgan fingerprint density at radius 3 is 2.21 bits per heavy atom. The SMILES string of the molecule is O=C(CCCCCCC(=O)NCc1cccc(-c2cccc(C3OC(CN4CCOCC4)CC(c4ccc(CO)cc4)O3)c2)c1)NO. The first-order valence-electron chi connectivity index (χ1n) is 16.7. The minimum atomic E-state index is -0.536. The van der Waals surface area contributed by atoms with E-state index in [1.165, 1.54) is 0 Å². The number of hydroxylamine groups is 1. The van der Waals surface area contributed by atoms with E-state index >= 15 is 0 Å². The Hall–Kier alpha value is -3.64. The van der Waals surface area contributed by atoms with Crippen molar-refractivity contribution < 1.29 is 34.1 Å². The third-order valence-electron chi connectivity index (χ3n) is 8.77. The van der Waals surface area contributed by atoms with Gasteiger partial charge in [0, 0.05) is 51.0 Å². The number of carbonyl (C=O) groups is 2. The van der Waals surface area contributed by atoms with Crippen LogP contribution in [0.1, 0.15) is 79.6 Å². The summed E-state index contributed by atoms with van der Waals surface area (Å²) in [5.41, 5.74) is 7.62. The van der Waals surface area contributed by atoms with Gasteiger partial charge in [0.25, 0.3) is 0 Å². The summed E-state index contributed by atoms with van der Waals surface area (Å²) < 4.78 is 18.8. The lowest BCUT2D eigenvalue weighted by Crippen LogP contribution is -2.44. The molecule has 2 aliphatic heterocycles. The molecule has 2 aliphatic rings. The molecular formula is C37H47N3O7. The summed E-state index contributed by atoms with van der Waals surface area (Å²) in [5.74, 6) is -0.375. The molecule has 2 heterocycles. The molecule has 5 rings (SSSR count). The molecule has 252 valence electrons. The van der Waals surface area contributed by atoms with Crippen LogP contribution in [0.3, 0.4) is 0 Å². The molecule has 0 radical (unpaired) electrons.